The van der Waals surface area contributed by atoms with Crippen LogP contribution < -0.4 is 16.2 Å². The van der Waals surface area contributed by atoms with Gasteiger partial charge in [0.1, 0.15) is 5.75 Å². The zero-order valence-electron chi connectivity index (χ0n) is 11.5. The minimum Gasteiger partial charge on any atom is -0.497 e. The van der Waals surface area contributed by atoms with Crippen LogP contribution in [0, 0.1) is 0 Å². The fourth-order valence-electron chi connectivity index (χ4n) is 2.38. The summed E-state index contributed by atoms with van der Waals surface area (Å²) in [5.41, 5.74) is 14.3. The van der Waals surface area contributed by atoms with Crippen molar-refractivity contribution in [2.24, 2.45) is 0 Å². The third kappa shape index (κ3) is 2.29. The van der Waals surface area contributed by atoms with Crippen molar-refractivity contribution in [2.45, 2.75) is 0 Å². The molecule has 2 aromatic carbocycles. The number of anilines is 2. The number of H-pyrrole nitrogens is 1. The first kappa shape index (κ1) is 13.1. The fourth-order valence-corrected chi connectivity index (χ4v) is 2.38. The number of nitrogens with two attached hydrogens (primary N) is 2. The molecule has 3 aromatic rings. The number of hydrogen-bond donors (Lipinski definition) is 3. The third-order valence-electron chi connectivity index (χ3n) is 3.37. The molecule has 0 radical (unpaired) electrons. The minimum atomic E-state index is -0.131. The van der Waals surface area contributed by atoms with Crippen molar-refractivity contribution in [1.29, 1.82) is 0 Å². The fraction of sp³-hybridized carbons (Fsp3) is 0.0625. The lowest BCUT2D eigenvalue weighted by Gasteiger charge is -2.04. The summed E-state index contributed by atoms with van der Waals surface area (Å²) >= 11 is 0. The number of hydrogen-bond acceptors (Lipinski definition) is 4. The van der Waals surface area contributed by atoms with Crippen LogP contribution in [0.15, 0.2) is 42.6 Å². The molecule has 1 aromatic heterocycles. The van der Waals surface area contributed by atoms with Crippen molar-refractivity contribution in [3.63, 3.8) is 0 Å². The normalized spacial score (nSPS) is 10.7. The second-order valence-electron chi connectivity index (χ2n) is 4.83. The number of benzene rings is 2. The van der Waals surface area contributed by atoms with E-state index in [1.165, 1.54) is 0 Å². The number of nitrogen functional groups attached to an aromatic ring is 2. The predicted octanol–water partition coefficient (Wildman–Crippen LogP) is 2.57. The number of fused-ring (bicyclic) bond motifs is 1. The molecule has 1 heterocycles. The first-order valence-electron chi connectivity index (χ1n) is 6.44. The van der Waals surface area contributed by atoms with Gasteiger partial charge in [0.2, 0.25) is 0 Å². The van der Waals surface area contributed by atoms with E-state index in [2.05, 4.69) is 4.98 Å². The Labute approximate surface area is 121 Å². The Balaban J connectivity index is 2.13. The largest absolute Gasteiger partial charge is 0.497 e. The van der Waals surface area contributed by atoms with Gasteiger partial charge in [-0.15, -0.1) is 0 Å². The highest BCUT2D eigenvalue weighted by Crippen LogP contribution is 2.26. The molecule has 3 rings (SSSR count). The predicted molar refractivity (Wildman–Crippen MR) is 83.6 cm³/mol. The molecule has 0 atom stereocenters. The van der Waals surface area contributed by atoms with E-state index in [-0.39, 0.29) is 5.78 Å². The molecule has 0 saturated heterocycles. The summed E-state index contributed by atoms with van der Waals surface area (Å²) in [7, 11) is 1.59. The number of aromatic amines is 1. The maximum absolute atomic E-state index is 12.7. The molecule has 0 aliphatic carbocycles. The lowest BCUT2D eigenvalue weighted by atomic mass is 10.0. The van der Waals surface area contributed by atoms with Crippen LogP contribution in [0.25, 0.3) is 10.9 Å². The number of methoxy groups -OCH3 is 1. The highest BCUT2D eigenvalue weighted by molar-refractivity contribution is 6.17. The van der Waals surface area contributed by atoms with Crippen molar-refractivity contribution >= 4 is 28.1 Å². The maximum Gasteiger partial charge on any atom is 0.195 e. The van der Waals surface area contributed by atoms with Crippen LogP contribution >= 0.6 is 0 Å². The quantitative estimate of drug-likeness (QED) is 0.508. The molecule has 5 heteroatoms. The zero-order valence-corrected chi connectivity index (χ0v) is 11.5. The molecule has 0 fully saturated rings. The second-order valence-corrected chi connectivity index (χ2v) is 4.83. The average Bonchev–Trinajstić information content (AvgIpc) is 2.88. The number of rotatable bonds is 3. The molecule has 106 valence electrons. The van der Waals surface area contributed by atoms with Crippen LogP contribution in [0.2, 0.25) is 0 Å². The van der Waals surface area contributed by atoms with Crippen molar-refractivity contribution < 1.29 is 9.53 Å². The van der Waals surface area contributed by atoms with Gasteiger partial charge >= 0.3 is 0 Å². The van der Waals surface area contributed by atoms with Crippen molar-refractivity contribution in [2.75, 3.05) is 18.6 Å². The Kier molecular flexibility index (Phi) is 3.02. The second kappa shape index (κ2) is 4.86. The number of nitrogens with one attached hydrogen (secondary N) is 1. The minimum absolute atomic E-state index is 0.131. The number of ether oxygens (including phenoxy) is 1. The molecule has 5 nitrogen and oxygen atoms in total. The first-order valence-corrected chi connectivity index (χ1v) is 6.44. The van der Waals surface area contributed by atoms with Crippen LogP contribution in [-0.4, -0.2) is 17.9 Å². The highest BCUT2D eigenvalue weighted by Gasteiger charge is 2.15. The van der Waals surface area contributed by atoms with E-state index < -0.39 is 0 Å². The first-order chi connectivity index (χ1) is 10.1. The van der Waals surface area contributed by atoms with Gasteiger partial charge in [-0.25, -0.2) is 0 Å². The molecule has 21 heavy (non-hydrogen) atoms. The lowest BCUT2D eigenvalue weighted by molar-refractivity contribution is 0.104. The SMILES string of the molecule is COc1ccc2[nH]cc(C(=O)c3cc(N)cc(N)c3)c2c1. The Bertz CT molecular complexity index is 816. The summed E-state index contributed by atoms with van der Waals surface area (Å²) in [6.45, 7) is 0. The molecule has 0 unspecified atom stereocenters. The van der Waals surface area contributed by atoms with Gasteiger partial charge in [0, 0.05) is 39.6 Å². The zero-order chi connectivity index (χ0) is 15.0. The van der Waals surface area contributed by atoms with Gasteiger partial charge in [0.05, 0.1) is 7.11 Å². The smallest absolute Gasteiger partial charge is 0.195 e. The van der Waals surface area contributed by atoms with Gasteiger partial charge in [0.25, 0.3) is 0 Å². The van der Waals surface area contributed by atoms with Crippen molar-refractivity contribution in [1.82, 2.24) is 4.98 Å². The third-order valence-corrected chi connectivity index (χ3v) is 3.37. The number of carbonyl (C=O) groups excluding carboxylic acids is 1. The van der Waals surface area contributed by atoms with Gasteiger partial charge < -0.3 is 21.2 Å². The number of ketones is 1. The Morgan fingerprint density at radius 2 is 1.81 bits per heavy atom. The van der Waals surface area contributed by atoms with E-state index >= 15 is 0 Å². The Morgan fingerprint density at radius 3 is 2.48 bits per heavy atom. The standard InChI is InChI=1S/C16H15N3O2/c1-21-12-2-3-15-13(7-12)14(8-19-15)16(20)9-4-10(17)6-11(18)5-9/h2-8,19H,17-18H2,1H3. The number of aromatic nitrogens is 1. The van der Waals surface area contributed by atoms with E-state index in [1.807, 2.05) is 18.2 Å². The molecule has 5 N–H and O–H groups in total. The van der Waals surface area contributed by atoms with Crippen LogP contribution in [0.5, 0.6) is 5.75 Å². The molecule has 0 amide bonds. The summed E-state index contributed by atoms with van der Waals surface area (Å²) in [5, 5.41) is 0.806. The van der Waals surface area contributed by atoms with Crippen LogP contribution in [0.3, 0.4) is 0 Å². The average molecular weight is 281 g/mol. The summed E-state index contributed by atoms with van der Waals surface area (Å²) in [5.74, 6) is 0.566. The monoisotopic (exact) mass is 281 g/mol. The molecular weight excluding hydrogens is 266 g/mol. The van der Waals surface area contributed by atoms with E-state index in [9.17, 15) is 4.79 Å². The number of carbonyl (C=O) groups is 1. The molecule has 0 aliphatic heterocycles. The van der Waals surface area contributed by atoms with Gasteiger partial charge in [-0.1, -0.05) is 0 Å². The van der Waals surface area contributed by atoms with Crippen LogP contribution in [0.1, 0.15) is 15.9 Å². The van der Waals surface area contributed by atoms with E-state index in [4.69, 9.17) is 16.2 Å². The van der Waals surface area contributed by atoms with Crippen molar-refractivity contribution in [3.8, 4) is 5.75 Å². The highest BCUT2D eigenvalue weighted by atomic mass is 16.5. The Hall–Kier alpha value is -2.95. The van der Waals surface area contributed by atoms with E-state index in [0.717, 1.165) is 10.9 Å². The molecular formula is C16H15N3O2. The summed E-state index contributed by atoms with van der Waals surface area (Å²) < 4.78 is 5.21. The maximum atomic E-state index is 12.7. The molecule has 0 aliphatic rings. The topological polar surface area (TPSA) is 94.1 Å². The van der Waals surface area contributed by atoms with Crippen molar-refractivity contribution in [3.05, 3.63) is 53.7 Å². The van der Waals surface area contributed by atoms with Gasteiger partial charge in [-0.3, -0.25) is 4.79 Å². The lowest BCUT2D eigenvalue weighted by Crippen LogP contribution is -2.03. The summed E-state index contributed by atoms with van der Waals surface area (Å²) in [6, 6.07) is 10.4. The summed E-state index contributed by atoms with van der Waals surface area (Å²) in [6.07, 6.45) is 1.69. The van der Waals surface area contributed by atoms with Gasteiger partial charge in [0.15, 0.2) is 5.78 Å². The molecule has 0 saturated carbocycles. The van der Waals surface area contributed by atoms with Crippen LogP contribution in [0.4, 0.5) is 11.4 Å². The van der Waals surface area contributed by atoms with Gasteiger partial charge in [-0.05, 0) is 36.4 Å². The van der Waals surface area contributed by atoms with Gasteiger partial charge in [-0.2, -0.15) is 0 Å². The van der Waals surface area contributed by atoms with E-state index in [0.29, 0.717) is 28.3 Å². The molecule has 0 spiro atoms. The van der Waals surface area contributed by atoms with Crippen LogP contribution in [-0.2, 0) is 0 Å². The van der Waals surface area contributed by atoms with E-state index in [1.54, 1.807) is 31.5 Å². The molecule has 0 bridgehead atoms. The Morgan fingerprint density at radius 1 is 1.10 bits per heavy atom. The summed E-state index contributed by atoms with van der Waals surface area (Å²) in [4.78, 5) is 15.7.